The third-order valence-electron chi connectivity index (χ3n) is 6.83. The van der Waals surface area contributed by atoms with Crippen LogP contribution in [0.4, 0.5) is 0 Å². The van der Waals surface area contributed by atoms with E-state index in [1.165, 1.54) is 6.07 Å². The Morgan fingerprint density at radius 2 is 1.89 bits per heavy atom. The van der Waals surface area contributed by atoms with Crippen molar-refractivity contribution >= 4 is 11.9 Å². The summed E-state index contributed by atoms with van der Waals surface area (Å²) in [4.78, 5) is 45.8. The van der Waals surface area contributed by atoms with Gasteiger partial charge in [-0.05, 0) is 56.9 Å². The fourth-order valence-electron chi connectivity index (χ4n) is 4.88. The lowest BCUT2D eigenvalue weighted by atomic mass is 9.95. The molecule has 0 saturated carbocycles. The van der Waals surface area contributed by atoms with Crippen LogP contribution >= 0.6 is 0 Å². The van der Waals surface area contributed by atoms with Crippen LogP contribution in [0.3, 0.4) is 0 Å². The second-order valence-electron chi connectivity index (χ2n) is 9.32. The lowest BCUT2D eigenvalue weighted by Gasteiger charge is -2.32. The Balaban J connectivity index is 1.79. The van der Waals surface area contributed by atoms with E-state index in [2.05, 4.69) is 4.98 Å². The van der Waals surface area contributed by atoms with Crippen molar-refractivity contribution in [3.05, 3.63) is 98.7 Å². The van der Waals surface area contributed by atoms with Crippen LogP contribution in [0.15, 0.2) is 59.5 Å². The highest BCUT2D eigenvalue weighted by atomic mass is 16.5. The molecule has 1 aliphatic heterocycles. The molecule has 0 aliphatic carbocycles. The number of benzene rings is 1. The molecule has 188 valence electrons. The molecule has 1 amide bonds. The SMILES string of the molecule is CCOC(=O)[C@@H]1CCCN(C(=O)c2c(Cc3ccccc3C)n(Cc3ccccn3)c(C)cc2=O)C1. The predicted molar refractivity (Wildman–Crippen MR) is 138 cm³/mol. The van der Waals surface area contributed by atoms with Crippen LogP contribution in [0.1, 0.15) is 58.3 Å². The van der Waals surface area contributed by atoms with Gasteiger partial charge in [-0.15, -0.1) is 0 Å². The number of rotatable bonds is 7. The maximum Gasteiger partial charge on any atom is 0.310 e. The van der Waals surface area contributed by atoms with Gasteiger partial charge in [-0.25, -0.2) is 0 Å². The Kier molecular flexibility index (Phi) is 7.98. The van der Waals surface area contributed by atoms with Gasteiger partial charge in [0.2, 0.25) is 0 Å². The third kappa shape index (κ3) is 5.56. The molecule has 1 saturated heterocycles. The van der Waals surface area contributed by atoms with E-state index in [0.717, 1.165) is 22.5 Å². The molecule has 0 spiro atoms. The molecule has 0 unspecified atom stereocenters. The topological polar surface area (TPSA) is 81.5 Å². The molecule has 0 N–H and O–H groups in total. The van der Waals surface area contributed by atoms with E-state index in [9.17, 15) is 14.4 Å². The number of amides is 1. The number of aromatic nitrogens is 2. The Labute approximate surface area is 211 Å². The van der Waals surface area contributed by atoms with Crippen molar-refractivity contribution in [2.45, 2.75) is 46.6 Å². The molecule has 3 aromatic rings. The van der Waals surface area contributed by atoms with Gasteiger partial charge in [-0.1, -0.05) is 30.3 Å². The van der Waals surface area contributed by atoms with Gasteiger partial charge in [0, 0.05) is 43.2 Å². The summed E-state index contributed by atoms with van der Waals surface area (Å²) in [6.07, 6.45) is 3.54. The monoisotopic (exact) mass is 487 g/mol. The summed E-state index contributed by atoms with van der Waals surface area (Å²) in [5.41, 5.74) is 4.30. The van der Waals surface area contributed by atoms with Crippen molar-refractivity contribution in [3.63, 3.8) is 0 Å². The number of piperidine rings is 1. The minimum Gasteiger partial charge on any atom is -0.466 e. The molecule has 3 heterocycles. The van der Waals surface area contributed by atoms with Crippen LogP contribution in [0, 0.1) is 19.8 Å². The number of nitrogens with zero attached hydrogens (tertiary/aromatic N) is 3. The van der Waals surface area contributed by atoms with E-state index >= 15 is 0 Å². The highest BCUT2D eigenvalue weighted by Crippen LogP contribution is 2.23. The van der Waals surface area contributed by atoms with Gasteiger partial charge in [0.1, 0.15) is 5.56 Å². The summed E-state index contributed by atoms with van der Waals surface area (Å²) in [6.45, 7) is 7.21. The number of carbonyl (C=O) groups excluding carboxylic acids is 2. The van der Waals surface area contributed by atoms with Gasteiger partial charge in [0.05, 0.1) is 24.8 Å². The van der Waals surface area contributed by atoms with Gasteiger partial charge >= 0.3 is 5.97 Å². The first kappa shape index (κ1) is 25.4. The van der Waals surface area contributed by atoms with Crippen LogP contribution < -0.4 is 5.43 Å². The summed E-state index contributed by atoms with van der Waals surface area (Å²) in [5.74, 6) is -0.984. The zero-order chi connectivity index (χ0) is 25.7. The normalized spacial score (nSPS) is 15.5. The number of hydrogen-bond donors (Lipinski definition) is 0. The summed E-state index contributed by atoms with van der Waals surface area (Å²) in [5, 5.41) is 0. The Morgan fingerprint density at radius 1 is 1.11 bits per heavy atom. The van der Waals surface area contributed by atoms with E-state index in [-0.39, 0.29) is 35.3 Å². The number of hydrogen-bond acceptors (Lipinski definition) is 5. The predicted octanol–water partition coefficient (Wildman–Crippen LogP) is 3.91. The summed E-state index contributed by atoms with van der Waals surface area (Å²) in [6, 6.07) is 15.3. The number of esters is 1. The van der Waals surface area contributed by atoms with Crippen LogP contribution in [-0.4, -0.2) is 46.0 Å². The average molecular weight is 488 g/mol. The highest BCUT2D eigenvalue weighted by molar-refractivity contribution is 5.96. The van der Waals surface area contributed by atoms with Gasteiger partial charge in [0.15, 0.2) is 5.43 Å². The minimum atomic E-state index is -0.372. The molecule has 7 nitrogen and oxygen atoms in total. The Morgan fingerprint density at radius 3 is 2.61 bits per heavy atom. The Bertz CT molecular complexity index is 1300. The van der Waals surface area contributed by atoms with Crippen LogP contribution in [0.25, 0.3) is 0 Å². The van der Waals surface area contributed by atoms with E-state index < -0.39 is 0 Å². The molecule has 7 heteroatoms. The van der Waals surface area contributed by atoms with Crippen LogP contribution in [-0.2, 0) is 22.5 Å². The largest absolute Gasteiger partial charge is 0.466 e. The van der Waals surface area contributed by atoms with Crippen LogP contribution in [0.5, 0.6) is 0 Å². The van der Waals surface area contributed by atoms with Gasteiger partial charge in [-0.2, -0.15) is 0 Å². The first-order chi connectivity index (χ1) is 17.4. The number of carbonyl (C=O) groups is 2. The number of pyridine rings is 2. The fraction of sp³-hybridized carbons (Fsp3) is 0.379. The van der Waals surface area contributed by atoms with Crippen molar-refractivity contribution in [2.75, 3.05) is 19.7 Å². The standard InChI is InChI=1S/C29H33N3O4/c1-4-36-29(35)23-12-9-15-31(18-23)28(34)27-25(17-22-11-6-5-10-20(22)2)32(21(3)16-26(27)33)19-24-13-7-8-14-30-24/h5-8,10-11,13-14,16,23H,4,9,12,15,17-19H2,1-3H3/t23-/m1/s1. The lowest BCUT2D eigenvalue weighted by Crippen LogP contribution is -2.45. The summed E-state index contributed by atoms with van der Waals surface area (Å²) >= 11 is 0. The van der Waals surface area contributed by atoms with Crippen molar-refractivity contribution in [2.24, 2.45) is 5.92 Å². The smallest absolute Gasteiger partial charge is 0.310 e. The molecule has 1 aliphatic rings. The molecule has 1 fully saturated rings. The highest BCUT2D eigenvalue weighted by Gasteiger charge is 2.32. The molecule has 36 heavy (non-hydrogen) atoms. The Hall–Kier alpha value is -3.74. The molecule has 2 aromatic heterocycles. The maximum atomic E-state index is 13.9. The summed E-state index contributed by atoms with van der Waals surface area (Å²) < 4.78 is 7.23. The van der Waals surface area contributed by atoms with E-state index in [1.807, 2.05) is 60.9 Å². The molecule has 1 atom stereocenters. The van der Waals surface area contributed by atoms with Crippen molar-refractivity contribution in [3.8, 4) is 0 Å². The number of ether oxygens (including phenoxy) is 1. The molecular formula is C29H33N3O4. The quantitative estimate of drug-likeness (QED) is 0.472. The average Bonchev–Trinajstić information content (AvgIpc) is 2.88. The third-order valence-corrected chi connectivity index (χ3v) is 6.83. The zero-order valence-electron chi connectivity index (χ0n) is 21.2. The van der Waals surface area contributed by atoms with Crippen molar-refractivity contribution in [1.82, 2.24) is 14.5 Å². The maximum absolute atomic E-state index is 13.9. The number of likely N-dealkylation sites (tertiary alicyclic amines) is 1. The minimum absolute atomic E-state index is 0.171. The first-order valence-corrected chi connectivity index (χ1v) is 12.5. The fourth-order valence-corrected chi connectivity index (χ4v) is 4.88. The lowest BCUT2D eigenvalue weighted by molar-refractivity contribution is -0.149. The molecule has 1 aromatic carbocycles. The van der Waals surface area contributed by atoms with E-state index in [4.69, 9.17) is 4.74 Å². The van der Waals surface area contributed by atoms with Gasteiger partial charge < -0.3 is 14.2 Å². The van der Waals surface area contributed by atoms with E-state index in [1.54, 1.807) is 18.0 Å². The summed E-state index contributed by atoms with van der Waals surface area (Å²) in [7, 11) is 0. The second kappa shape index (κ2) is 11.3. The van der Waals surface area contributed by atoms with E-state index in [0.29, 0.717) is 44.7 Å². The molecule has 0 bridgehead atoms. The van der Waals surface area contributed by atoms with Crippen molar-refractivity contribution < 1.29 is 14.3 Å². The van der Waals surface area contributed by atoms with Crippen LogP contribution in [0.2, 0.25) is 0 Å². The second-order valence-corrected chi connectivity index (χ2v) is 9.32. The number of aryl methyl sites for hydroxylation is 2. The van der Waals surface area contributed by atoms with Gasteiger partial charge in [-0.3, -0.25) is 19.4 Å². The zero-order valence-corrected chi connectivity index (χ0v) is 21.2. The molecule has 0 radical (unpaired) electrons. The van der Waals surface area contributed by atoms with Crippen molar-refractivity contribution in [1.29, 1.82) is 0 Å². The molecular weight excluding hydrogens is 454 g/mol. The van der Waals surface area contributed by atoms with Gasteiger partial charge in [0.25, 0.3) is 5.91 Å². The first-order valence-electron chi connectivity index (χ1n) is 12.5. The molecule has 4 rings (SSSR count).